The number of alkyl halides is 3. The summed E-state index contributed by atoms with van der Waals surface area (Å²) >= 11 is 0. The first-order valence-corrected chi connectivity index (χ1v) is 10.6. The predicted molar refractivity (Wildman–Crippen MR) is 119 cm³/mol. The highest BCUT2D eigenvalue weighted by Gasteiger charge is 2.34. The normalized spacial score (nSPS) is 12.6. The standard InChI is InChI=1S/C27H7F11/c28-19-15-13-10-4-2-1-3-9(10)12-7-8(27(36,37)38)5-6-11(12)14(13)16-18(17(15)21(30)25(34)23(19)32)22(31)26(35)24(33)20(16)29/h1-7H. The second-order valence-electron chi connectivity index (χ2n) is 8.57. The maximum absolute atomic E-state index is 15.4. The minimum Gasteiger partial charge on any atom is -0.203 e. The molecular formula is C27H7F11. The maximum Gasteiger partial charge on any atom is 0.416 e. The highest BCUT2D eigenvalue weighted by atomic mass is 19.4. The molecule has 0 bridgehead atoms. The molecule has 38 heavy (non-hydrogen) atoms. The molecule has 6 aromatic carbocycles. The Hall–Kier alpha value is -4.15. The average Bonchev–Trinajstić information content (AvgIpc) is 2.90. The lowest BCUT2D eigenvalue weighted by Gasteiger charge is -2.19. The van der Waals surface area contributed by atoms with E-state index in [0.717, 1.165) is 6.07 Å². The quantitative estimate of drug-likeness (QED) is 0.0779. The molecule has 0 nitrogen and oxygen atoms in total. The van der Waals surface area contributed by atoms with Gasteiger partial charge >= 0.3 is 6.18 Å². The van der Waals surface area contributed by atoms with E-state index in [1.807, 2.05) is 0 Å². The molecule has 11 heteroatoms. The minimum absolute atomic E-state index is 0.0326. The lowest BCUT2D eigenvalue weighted by Crippen LogP contribution is -2.06. The Bertz CT molecular complexity index is 2040. The molecule has 0 N–H and O–H groups in total. The summed E-state index contributed by atoms with van der Waals surface area (Å²) in [5.74, 6) is -18.1. The fraction of sp³-hybridized carbons (Fsp3) is 0.0370. The van der Waals surface area contributed by atoms with Crippen LogP contribution in [-0.2, 0) is 6.18 Å². The topological polar surface area (TPSA) is 0 Å². The molecule has 0 fully saturated rings. The monoisotopic (exact) mass is 540 g/mol. The van der Waals surface area contributed by atoms with Crippen LogP contribution in [-0.4, -0.2) is 0 Å². The van der Waals surface area contributed by atoms with Gasteiger partial charge in [-0.05, 0) is 33.7 Å². The summed E-state index contributed by atoms with van der Waals surface area (Å²) in [4.78, 5) is 0. The second-order valence-corrected chi connectivity index (χ2v) is 8.57. The molecule has 0 atom stereocenters. The Morgan fingerprint density at radius 3 is 1.16 bits per heavy atom. The van der Waals surface area contributed by atoms with Crippen LogP contribution in [0.3, 0.4) is 0 Å². The molecule has 6 aromatic rings. The summed E-state index contributed by atoms with van der Waals surface area (Å²) in [6.07, 6.45) is -4.85. The van der Waals surface area contributed by atoms with Crippen LogP contribution in [0, 0.1) is 46.5 Å². The number of halogens is 11. The zero-order valence-corrected chi connectivity index (χ0v) is 18.2. The summed E-state index contributed by atoms with van der Waals surface area (Å²) < 4.78 is 159. The van der Waals surface area contributed by atoms with Gasteiger partial charge in [0.1, 0.15) is 0 Å². The Balaban J connectivity index is 2.13. The fourth-order valence-electron chi connectivity index (χ4n) is 5.09. The summed E-state index contributed by atoms with van der Waals surface area (Å²) in [7, 11) is 0. The van der Waals surface area contributed by atoms with Crippen molar-refractivity contribution in [1.82, 2.24) is 0 Å². The Morgan fingerprint density at radius 1 is 0.368 bits per heavy atom. The molecule has 0 saturated heterocycles. The van der Waals surface area contributed by atoms with Crippen LogP contribution >= 0.6 is 0 Å². The molecule has 0 heterocycles. The highest BCUT2D eigenvalue weighted by Crippen LogP contribution is 2.48. The van der Waals surface area contributed by atoms with Gasteiger partial charge in [0.15, 0.2) is 46.5 Å². The molecule has 0 aliphatic rings. The van der Waals surface area contributed by atoms with E-state index in [1.165, 1.54) is 24.3 Å². The minimum atomic E-state index is -4.85. The van der Waals surface area contributed by atoms with Gasteiger partial charge < -0.3 is 0 Å². The smallest absolute Gasteiger partial charge is 0.203 e. The molecule has 0 unspecified atom stereocenters. The van der Waals surface area contributed by atoms with Gasteiger partial charge in [-0.3, -0.25) is 0 Å². The molecule has 0 amide bonds. The third-order valence-electron chi connectivity index (χ3n) is 6.64. The van der Waals surface area contributed by atoms with Crippen LogP contribution in [0.5, 0.6) is 0 Å². The van der Waals surface area contributed by atoms with Gasteiger partial charge in [0.2, 0.25) is 0 Å². The van der Waals surface area contributed by atoms with Gasteiger partial charge in [0.05, 0.1) is 5.56 Å². The lowest BCUT2D eigenvalue weighted by molar-refractivity contribution is -0.137. The van der Waals surface area contributed by atoms with Crippen molar-refractivity contribution in [1.29, 1.82) is 0 Å². The number of benzene rings is 6. The van der Waals surface area contributed by atoms with Crippen LogP contribution in [0.15, 0.2) is 42.5 Å². The van der Waals surface area contributed by atoms with Crippen LogP contribution in [0.2, 0.25) is 0 Å². The van der Waals surface area contributed by atoms with Crippen molar-refractivity contribution in [2.24, 2.45) is 0 Å². The first kappa shape index (κ1) is 24.2. The van der Waals surface area contributed by atoms with E-state index in [0.29, 0.717) is 12.1 Å². The number of rotatable bonds is 0. The Kier molecular flexibility index (Phi) is 4.89. The van der Waals surface area contributed by atoms with Crippen molar-refractivity contribution in [3.63, 3.8) is 0 Å². The molecular weight excluding hydrogens is 533 g/mol. The van der Waals surface area contributed by atoms with E-state index >= 15 is 17.6 Å². The summed E-state index contributed by atoms with van der Waals surface area (Å²) in [6, 6.07) is 7.19. The van der Waals surface area contributed by atoms with Gasteiger partial charge in [-0.25, -0.2) is 35.1 Å². The molecule has 0 aliphatic carbocycles. The predicted octanol–water partition coefficient (Wildman–Crippen LogP) is 9.58. The summed E-state index contributed by atoms with van der Waals surface area (Å²) in [5.41, 5.74) is -1.16. The van der Waals surface area contributed by atoms with E-state index in [4.69, 9.17) is 0 Å². The molecule has 0 radical (unpaired) electrons. The summed E-state index contributed by atoms with van der Waals surface area (Å²) in [5, 5.41) is -7.21. The molecule has 0 spiro atoms. The number of hydrogen-bond donors (Lipinski definition) is 0. The third kappa shape index (κ3) is 2.92. The molecule has 0 aromatic heterocycles. The van der Waals surface area contributed by atoms with Gasteiger partial charge in [-0.15, -0.1) is 0 Å². The lowest BCUT2D eigenvalue weighted by atomic mass is 9.85. The van der Waals surface area contributed by atoms with Crippen molar-refractivity contribution in [2.75, 3.05) is 0 Å². The van der Waals surface area contributed by atoms with Crippen molar-refractivity contribution in [2.45, 2.75) is 6.18 Å². The zero-order valence-electron chi connectivity index (χ0n) is 18.2. The average molecular weight is 540 g/mol. The number of fused-ring (bicyclic) bond motifs is 11. The van der Waals surface area contributed by atoms with Gasteiger partial charge in [-0.2, -0.15) is 13.2 Å². The SMILES string of the molecule is Fc1c(F)c(F)c2c(c1F)c1c(F)c(F)c(F)c(F)c1c1c3ccc(C(F)(F)F)cc3c3ccccc3c21. The van der Waals surface area contributed by atoms with Crippen molar-refractivity contribution >= 4 is 53.9 Å². The van der Waals surface area contributed by atoms with Crippen LogP contribution in [0.4, 0.5) is 48.3 Å². The molecule has 0 saturated carbocycles. The van der Waals surface area contributed by atoms with Crippen LogP contribution in [0.25, 0.3) is 53.9 Å². The summed E-state index contributed by atoms with van der Waals surface area (Å²) in [6.45, 7) is 0. The van der Waals surface area contributed by atoms with E-state index in [9.17, 15) is 30.7 Å². The van der Waals surface area contributed by atoms with Crippen molar-refractivity contribution < 1.29 is 48.3 Å². The van der Waals surface area contributed by atoms with E-state index < -0.39 is 90.6 Å². The van der Waals surface area contributed by atoms with E-state index in [1.54, 1.807) is 0 Å². The largest absolute Gasteiger partial charge is 0.416 e. The first-order valence-electron chi connectivity index (χ1n) is 10.6. The van der Waals surface area contributed by atoms with Gasteiger partial charge in [0.25, 0.3) is 0 Å². The third-order valence-corrected chi connectivity index (χ3v) is 6.64. The van der Waals surface area contributed by atoms with Crippen molar-refractivity contribution in [3.05, 3.63) is 94.6 Å². The van der Waals surface area contributed by atoms with E-state index in [2.05, 4.69) is 0 Å². The Labute approximate surface area is 203 Å². The van der Waals surface area contributed by atoms with Crippen LogP contribution in [0.1, 0.15) is 5.56 Å². The van der Waals surface area contributed by atoms with Gasteiger partial charge in [-0.1, -0.05) is 30.3 Å². The highest BCUT2D eigenvalue weighted by molar-refractivity contribution is 6.39. The molecule has 6 rings (SSSR count). The van der Waals surface area contributed by atoms with Crippen LogP contribution < -0.4 is 0 Å². The fourth-order valence-corrected chi connectivity index (χ4v) is 5.09. The van der Waals surface area contributed by atoms with Crippen molar-refractivity contribution in [3.8, 4) is 0 Å². The number of hydrogen-bond acceptors (Lipinski definition) is 0. The maximum atomic E-state index is 15.4. The Morgan fingerprint density at radius 2 is 0.737 bits per heavy atom. The van der Waals surface area contributed by atoms with E-state index in [-0.39, 0.29) is 21.5 Å². The van der Waals surface area contributed by atoms with Gasteiger partial charge in [0, 0.05) is 32.3 Å². The first-order chi connectivity index (χ1) is 17.9. The molecule has 192 valence electrons. The second kappa shape index (κ2) is 7.68. The zero-order chi connectivity index (χ0) is 27.4. The molecule has 0 aliphatic heterocycles.